The van der Waals surface area contributed by atoms with Crippen LogP contribution in [0.3, 0.4) is 0 Å². The second-order valence-electron chi connectivity index (χ2n) is 4.05. The molecule has 1 aliphatic rings. The van der Waals surface area contributed by atoms with Gasteiger partial charge in [0.1, 0.15) is 0 Å². The van der Waals surface area contributed by atoms with Gasteiger partial charge in [0.25, 0.3) is 0 Å². The number of aliphatic hydroxyl groups excluding tert-OH is 1. The summed E-state index contributed by atoms with van der Waals surface area (Å²) >= 11 is 0. The van der Waals surface area contributed by atoms with E-state index >= 15 is 0 Å². The topological polar surface area (TPSA) is 64.0 Å². The largest absolute Gasteiger partial charge is 0.393 e. The summed E-state index contributed by atoms with van der Waals surface area (Å²) < 4.78 is 0. The van der Waals surface area contributed by atoms with Gasteiger partial charge in [0.15, 0.2) is 0 Å². The van der Waals surface area contributed by atoms with Crippen LogP contribution in [-0.4, -0.2) is 65.4 Å². The average molecular weight is 202 g/mol. The predicted octanol–water partition coefficient (Wildman–Crippen LogP) is -0.513. The third-order valence-electron chi connectivity index (χ3n) is 2.64. The van der Waals surface area contributed by atoms with Gasteiger partial charge in [-0.3, -0.25) is 0 Å². The number of hydrogen-bond donors (Lipinski definition) is 2. The highest BCUT2D eigenvalue weighted by molar-refractivity contribution is 5.73. The molecule has 82 valence electrons. The fraction of sp³-hybridized carbons (Fsp3) is 0.889. The minimum absolute atomic E-state index is 0.0370. The Morgan fingerprint density at radius 2 is 1.93 bits per heavy atom. The number of piperidine rings is 1. The Kier molecular flexibility index (Phi) is 3.34. The van der Waals surface area contributed by atoms with Crippen molar-refractivity contribution in [2.24, 2.45) is 0 Å². The number of aliphatic hydroxyl groups is 2. The maximum atomic E-state index is 11.5. The van der Waals surface area contributed by atoms with Crippen molar-refractivity contribution in [1.29, 1.82) is 0 Å². The molecule has 1 aliphatic heterocycles. The quantitative estimate of drug-likeness (QED) is 0.602. The molecule has 5 heteroatoms. The third-order valence-corrected chi connectivity index (χ3v) is 2.64. The molecular formula is C9H18N2O3. The van der Waals surface area contributed by atoms with Gasteiger partial charge >= 0.3 is 6.03 Å². The number of likely N-dealkylation sites (tertiary alicyclic amines) is 1. The molecule has 0 unspecified atom stereocenters. The van der Waals surface area contributed by atoms with Crippen molar-refractivity contribution in [3.05, 3.63) is 0 Å². The first-order valence-electron chi connectivity index (χ1n) is 4.78. The second-order valence-corrected chi connectivity index (χ2v) is 4.05. The molecule has 0 bridgehead atoms. The lowest BCUT2D eigenvalue weighted by atomic mass is 9.93. The fourth-order valence-corrected chi connectivity index (χ4v) is 1.56. The van der Waals surface area contributed by atoms with Crippen LogP contribution < -0.4 is 0 Å². The zero-order valence-electron chi connectivity index (χ0n) is 8.73. The Balaban J connectivity index is 2.47. The maximum Gasteiger partial charge on any atom is 0.319 e. The van der Waals surface area contributed by atoms with Gasteiger partial charge in [-0.15, -0.1) is 0 Å². The number of hydrogen-bond acceptors (Lipinski definition) is 3. The lowest BCUT2D eigenvalue weighted by Gasteiger charge is -2.37. The monoisotopic (exact) mass is 202 g/mol. The Hall–Kier alpha value is -0.810. The van der Waals surface area contributed by atoms with E-state index in [0.717, 1.165) is 0 Å². The molecule has 2 N–H and O–H groups in total. The maximum absolute atomic E-state index is 11.5. The zero-order valence-corrected chi connectivity index (χ0v) is 8.73. The number of carbonyl (C=O) groups is 1. The van der Waals surface area contributed by atoms with E-state index in [1.807, 2.05) is 0 Å². The van der Waals surface area contributed by atoms with Gasteiger partial charge in [-0.05, 0) is 12.8 Å². The number of carbonyl (C=O) groups excluding carboxylic acids is 1. The molecule has 1 saturated heterocycles. The Labute approximate surface area is 83.9 Å². The van der Waals surface area contributed by atoms with Gasteiger partial charge in [-0.1, -0.05) is 0 Å². The summed E-state index contributed by atoms with van der Waals surface area (Å²) in [6.45, 7) is 0.791. The Morgan fingerprint density at radius 3 is 2.29 bits per heavy atom. The van der Waals surface area contributed by atoms with Crippen LogP contribution in [0, 0.1) is 0 Å². The Bertz CT molecular complexity index is 210. The summed E-state index contributed by atoms with van der Waals surface area (Å²) in [5.74, 6) is 0. The lowest BCUT2D eigenvalue weighted by Crippen LogP contribution is -2.50. The second kappa shape index (κ2) is 4.14. The molecule has 14 heavy (non-hydrogen) atoms. The highest BCUT2D eigenvalue weighted by atomic mass is 16.3. The summed E-state index contributed by atoms with van der Waals surface area (Å²) in [4.78, 5) is 14.7. The van der Waals surface area contributed by atoms with Gasteiger partial charge < -0.3 is 20.0 Å². The first-order chi connectivity index (χ1) is 6.48. The number of rotatable bonds is 1. The molecular weight excluding hydrogens is 184 g/mol. The summed E-state index contributed by atoms with van der Waals surface area (Å²) in [5, 5.41) is 18.6. The van der Waals surface area contributed by atoms with Crippen molar-refractivity contribution in [1.82, 2.24) is 9.80 Å². The molecule has 0 aliphatic carbocycles. The average Bonchev–Trinajstić information content (AvgIpc) is 2.18. The molecule has 1 fully saturated rings. The molecule has 0 spiro atoms. The van der Waals surface area contributed by atoms with Crippen molar-refractivity contribution in [2.75, 3.05) is 33.8 Å². The summed E-state index contributed by atoms with van der Waals surface area (Å²) in [6.07, 6.45) is 0.895. The summed E-state index contributed by atoms with van der Waals surface area (Å²) in [7, 11) is 3.41. The van der Waals surface area contributed by atoms with E-state index in [1.54, 1.807) is 19.0 Å². The van der Waals surface area contributed by atoms with E-state index < -0.39 is 5.60 Å². The van der Waals surface area contributed by atoms with Crippen molar-refractivity contribution in [3.8, 4) is 0 Å². The first kappa shape index (κ1) is 11.3. The van der Waals surface area contributed by atoms with Gasteiger partial charge in [0.05, 0.1) is 12.2 Å². The normalized spacial score (nSPS) is 20.7. The molecule has 0 aromatic rings. The molecule has 0 aromatic heterocycles. The van der Waals surface area contributed by atoms with E-state index in [0.29, 0.717) is 25.9 Å². The molecule has 0 saturated carbocycles. The van der Waals surface area contributed by atoms with Crippen molar-refractivity contribution in [3.63, 3.8) is 0 Å². The fourth-order valence-electron chi connectivity index (χ4n) is 1.56. The van der Waals surface area contributed by atoms with E-state index in [9.17, 15) is 9.90 Å². The highest BCUT2D eigenvalue weighted by Crippen LogP contribution is 2.21. The van der Waals surface area contributed by atoms with Crippen LogP contribution in [-0.2, 0) is 0 Å². The highest BCUT2D eigenvalue weighted by Gasteiger charge is 2.33. The molecule has 0 aromatic carbocycles. The number of amides is 2. The van der Waals surface area contributed by atoms with Gasteiger partial charge in [-0.2, -0.15) is 0 Å². The minimum Gasteiger partial charge on any atom is -0.393 e. The lowest BCUT2D eigenvalue weighted by molar-refractivity contribution is -0.0538. The smallest absolute Gasteiger partial charge is 0.319 e. The van der Waals surface area contributed by atoms with Crippen LogP contribution in [0.25, 0.3) is 0 Å². The van der Waals surface area contributed by atoms with Gasteiger partial charge in [-0.25, -0.2) is 4.79 Å². The predicted molar refractivity (Wildman–Crippen MR) is 51.9 cm³/mol. The van der Waals surface area contributed by atoms with E-state index in [1.165, 1.54) is 4.90 Å². The Morgan fingerprint density at radius 1 is 1.43 bits per heavy atom. The summed E-state index contributed by atoms with van der Waals surface area (Å²) in [6, 6.07) is -0.0370. The molecule has 0 atom stereocenters. The molecule has 5 nitrogen and oxygen atoms in total. The first-order valence-corrected chi connectivity index (χ1v) is 4.78. The van der Waals surface area contributed by atoms with Crippen molar-refractivity contribution in [2.45, 2.75) is 18.4 Å². The van der Waals surface area contributed by atoms with Crippen LogP contribution in [0.5, 0.6) is 0 Å². The molecule has 1 heterocycles. The molecule has 2 amide bonds. The minimum atomic E-state index is -0.983. The third kappa shape index (κ3) is 2.36. The van der Waals surface area contributed by atoms with Crippen molar-refractivity contribution < 1.29 is 15.0 Å². The van der Waals surface area contributed by atoms with Crippen LogP contribution >= 0.6 is 0 Å². The molecule has 0 radical (unpaired) electrons. The molecule has 1 rings (SSSR count). The van der Waals surface area contributed by atoms with Gasteiger partial charge in [0.2, 0.25) is 0 Å². The standard InChI is InChI=1S/C9H18N2O3/c1-10(2)8(13)11-5-3-9(14,7-12)4-6-11/h12,14H,3-7H2,1-2H3. The van der Waals surface area contributed by atoms with Crippen molar-refractivity contribution >= 4 is 6.03 Å². The van der Waals surface area contributed by atoms with Crippen LogP contribution in [0.4, 0.5) is 4.79 Å². The number of nitrogens with zero attached hydrogens (tertiary/aromatic N) is 2. The number of urea groups is 1. The SMILES string of the molecule is CN(C)C(=O)N1CCC(O)(CO)CC1. The van der Waals surface area contributed by atoms with Gasteiger partial charge in [0, 0.05) is 27.2 Å². The van der Waals surface area contributed by atoms with Crippen LogP contribution in [0.2, 0.25) is 0 Å². The summed E-state index contributed by atoms with van der Waals surface area (Å²) in [5.41, 5.74) is -0.983. The van der Waals surface area contributed by atoms with E-state index in [2.05, 4.69) is 0 Å². The van der Waals surface area contributed by atoms with Crippen LogP contribution in [0.1, 0.15) is 12.8 Å². The zero-order chi connectivity index (χ0) is 10.8. The van der Waals surface area contributed by atoms with Crippen LogP contribution in [0.15, 0.2) is 0 Å². The van der Waals surface area contributed by atoms with E-state index in [-0.39, 0.29) is 12.6 Å². The van der Waals surface area contributed by atoms with E-state index in [4.69, 9.17) is 5.11 Å².